The molecule has 0 saturated carbocycles. The number of nitrogens with zero attached hydrogens (tertiary/aromatic N) is 5. The molecular formula is C10H10N6S3. The molecule has 19 heavy (non-hydrogen) atoms. The van der Waals surface area contributed by atoms with Gasteiger partial charge in [-0.15, -0.1) is 5.10 Å². The molecule has 0 aliphatic carbocycles. The molecule has 0 amide bonds. The number of thioether (sulfide) groups is 1. The van der Waals surface area contributed by atoms with Crippen LogP contribution in [0.5, 0.6) is 0 Å². The molecule has 3 heterocycles. The van der Waals surface area contributed by atoms with E-state index >= 15 is 0 Å². The van der Waals surface area contributed by atoms with Gasteiger partial charge in [-0.25, -0.2) is 9.50 Å². The molecule has 0 unspecified atom stereocenters. The van der Waals surface area contributed by atoms with Crippen LogP contribution in [0.1, 0.15) is 16.4 Å². The molecule has 0 saturated heterocycles. The molecule has 0 radical (unpaired) electrons. The van der Waals surface area contributed by atoms with Crippen molar-refractivity contribution in [3.63, 3.8) is 0 Å². The van der Waals surface area contributed by atoms with Gasteiger partial charge >= 0.3 is 0 Å². The van der Waals surface area contributed by atoms with Crippen molar-refractivity contribution in [1.29, 1.82) is 0 Å². The van der Waals surface area contributed by atoms with Crippen molar-refractivity contribution in [2.45, 2.75) is 24.8 Å². The predicted molar refractivity (Wildman–Crippen MR) is 77.1 cm³/mol. The molecule has 98 valence electrons. The summed E-state index contributed by atoms with van der Waals surface area (Å²) in [4.78, 5) is 8.76. The number of aromatic amines is 1. The fraction of sp³-hybridized carbons (Fsp3) is 0.300. The van der Waals surface area contributed by atoms with Crippen LogP contribution >= 0.6 is 35.3 Å². The number of aryl methyl sites for hydroxylation is 2. The van der Waals surface area contributed by atoms with Gasteiger partial charge in [-0.3, -0.25) is 5.10 Å². The van der Waals surface area contributed by atoms with Crippen LogP contribution in [-0.2, 0) is 5.75 Å². The van der Waals surface area contributed by atoms with Gasteiger partial charge in [0.25, 0.3) is 5.78 Å². The highest BCUT2D eigenvalue weighted by Crippen LogP contribution is 2.21. The molecule has 0 bridgehead atoms. The van der Waals surface area contributed by atoms with Crippen molar-refractivity contribution < 1.29 is 0 Å². The Morgan fingerprint density at radius 1 is 1.42 bits per heavy atom. The summed E-state index contributed by atoms with van der Waals surface area (Å²) in [5.41, 5.74) is 1.97. The Bertz CT molecular complexity index is 786. The summed E-state index contributed by atoms with van der Waals surface area (Å²) >= 11 is 7.99. The Labute approximate surface area is 122 Å². The highest BCUT2D eigenvalue weighted by atomic mass is 32.2. The van der Waals surface area contributed by atoms with E-state index in [-0.39, 0.29) is 0 Å². The molecule has 1 N–H and O–H groups in total. The van der Waals surface area contributed by atoms with E-state index in [1.54, 1.807) is 4.52 Å². The van der Waals surface area contributed by atoms with Gasteiger partial charge in [0, 0.05) is 11.4 Å². The first kappa shape index (κ1) is 12.7. The summed E-state index contributed by atoms with van der Waals surface area (Å²) in [6.45, 7) is 3.94. The maximum atomic E-state index is 4.99. The fourth-order valence-electron chi connectivity index (χ4n) is 1.66. The molecule has 0 fully saturated rings. The number of aromatic nitrogens is 6. The second kappa shape index (κ2) is 4.99. The first-order chi connectivity index (χ1) is 9.11. The highest BCUT2D eigenvalue weighted by Gasteiger charge is 2.09. The summed E-state index contributed by atoms with van der Waals surface area (Å²) < 4.78 is 2.44. The van der Waals surface area contributed by atoms with Gasteiger partial charge in [0.05, 0.1) is 5.75 Å². The van der Waals surface area contributed by atoms with E-state index in [0.29, 0.717) is 20.6 Å². The molecule has 0 aromatic carbocycles. The predicted octanol–water partition coefficient (Wildman–Crippen LogP) is 2.55. The van der Waals surface area contributed by atoms with E-state index in [1.807, 2.05) is 19.9 Å². The van der Waals surface area contributed by atoms with E-state index in [9.17, 15) is 0 Å². The third kappa shape index (κ3) is 2.67. The van der Waals surface area contributed by atoms with Crippen molar-refractivity contribution in [3.05, 3.63) is 26.4 Å². The third-order valence-electron chi connectivity index (χ3n) is 2.41. The minimum Gasteiger partial charge on any atom is -0.258 e. The molecule has 3 rings (SSSR count). The van der Waals surface area contributed by atoms with Gasteiger partial charge < -0.3 is 0 Å². The van der Waals surface area contributed by atoms with E-state index in [1.165, 1.54) is 23.1 Å². The molecule has 0 spiro atoms. The van der Waals surface area contributed by atoms with Crippen LogP contribution in [0.2, 0.25) is 0 Å². The van der Waals surface area contributed by atoms with E-state index < -0.39 is 0 Å². The molecule has 0 aliphatic rings. The Kier molecular flexibility index (Phi) is 3.33. The summed E-state index contributed by atoms with van der Waals surface area (Å²) in [5.74, 6) is 1.34. The molecule has 0 aliphatic heterocycles. The second-order valence-corrected chi connectivity index (χ2v) is 6.63. The largest absolute Gasteiger partial charge is 0.258 e. The van der Waals surface area contributed by atoms with Gasteiger partial charge in [0.2, 0.25) is 5.16 Å². The second-order valence-electron chi connectivity index (χ2n) is 3.94. The lowest BCUT2D eigenvalue weighted by atomic mass is 10.4. The van der Waals surface area contributed by atoms with Crippen LogP contribution in [0.15, 0.2) is 11.2 Å². The van der Waals surface area contributed by atoms with Crippen molar-refractivity contribution >= 4 is 41.1 Å². The van der Waals surface area contributed by atoms with Crippen molar-refractivity contribution in [1.82, 2.24) is 29.8 Å². The Balaban J connectivity index is 1.85. The van der Waals surface area contributed by atoms with Gasteiger partial charge in [-0.05, 0) is 32.1 Å². The number of nitrogens with one attached hydrogen (secondary N) is 1. The molecule has 3 aromatic rings. The summed E-state index contributed by atoms with van der Waals surface area (Å²) in [7, 11) is 0. The zero-order chi connectivity index (χ0) is 13.4. The molecule has 9 heteroatoms. The normalized spacial score (nSPS) is 11.3. The Hall–Kier alpha value is -1.32. The molecule has 3 aromatic heterocycles. The maximum absolute atomic E-state index is 4.99. The smallest absolute Gasteiger partial charge is 0.253 e. The number of fused-ring (bicyclic) bond motifs is 1. The summed E-state index contributed by atoms with van der Waals surface area (Å²) in [5, 5.41) is 12.9. The standard InChI is InChI=1S/C10H10N6S3/c1-5-3-6(2)16-8(11-5)12-9(15-16)18-4-7-13-14-10(17)19-7/h3H,4H2,1-2H3,(H,14,17). The van der Waals surface area contributed by atoms with Crippen molar-refractivity contribution in [3.8, 4) is 0 Å². The zero-order valence-electron chi connectivity index (χ0n) is 10.2. The molecule has 0 atom stereocenters. The highest BCUT2D eigenvalue weighted by molar-refractivity contribution is 7.98. The van der Waals surface area contributed by atoms with Gasteiger partial charge in [-0.1, -0.05) is 23.1 Å². The first-order valence-electron chi connectivity index (χ1n) is 5.50. The monoisotopic (exact) mass is 310 g/mol. The van der Waals surface area contributed by atoms with Crippen LogP contribution in [-0.4, -0.2) is 29.8 Å². The van der Waals surface area contributed by atoms with E-state index in [2.05, 4.69) is 25.3 Å². The third-order valence-corrected chi connectivity index (χ3v) is 4.53. The lowest BCUT2D eigenvalue weighted by molar-refractivity contribution is 0.843. The topological polar surface area (TPSA) is 71.8 Å². The summed E-state index contributed by atoms with van der Waals surface area (Å²) in [6, 6.07) is 1.98. The van der Waals surface area contributed by atoms with Crippen molar-refractivity contribution in [2.24, 2.45) is 0 Å². The number of rotatable bonds is 3. The maximum Gasteiger partial charge on any atom is 0.253 e. The average Bonchev–Trinajstić information content (AvgIpc) is 2.92. The van der Waals surface area contributed by atoms with Crippen LogP contribution in [0.4, 0.5) is 0 Å². The number of hydrogen-bond donors (Lipinski definition) is 1. The van der Waals surface area contributed by atoms with Crippen LogP contribution in [0.3, 0.4) is 0 Å². The minimum absolute atomic E-state index is 0.634. The molecule has 6 nitrogen and oxygen atoms in total. The SMILES string of the molecule is Cc1cc(C)n2nc(SCc3n[nH]c(=S)s3)nc2n1. The van der Waals surface area contributed by atoms with Gasteiger partial charge in [0.15, 0.2) is 3.95 Å². The molecular weight excluding hydrogens is 300 g/mol. The Morgan fingerprint density at radius 2 is 2.26 bits per heavy atom. The first-order valence-corrected chi connectivity index (χ1v) is 7.71. The fourth-order valence-corrected chi connectivity index (χ4v) is 3.40. The van der Waals surface area contributed by atoms with E-state index in [4.69, 9.17) is 12.2 Å². The quantitative estimate of drug-likeness (QED) is 0.592. The summed E-state index contributed by atoms with van der Waals surface area (Å²) in [6.07, 6.45) is 0. The number of H-pyrrole nitrogens is 1. The average molecular weight is 310 g/mol. The number of hydrogen-bond acceptors (Lipinski definition) is 7. The van der Waals surface area contributed by atoms with Crippen LogP contribution in [0, 0.1) is 17.8 Å². The van der Waals surface area contributed by atoms with Crippen LogP contribution in [0.25, 0.3) is 5.78 Å². The lowest BCUT2D eigenvalue weighted by Crippen LogP contribution is -1.97. The minimum atomic E-state index is 0.634. The van der Waals surface area contributed by atoms with Crippen LogP contribution < -0.4 is 0 Å². The Morgan fingerprint density at radius 3 is 3.00 bits per heavy atom. The van der Waals surface area contributed by atoms with E-state index in [0.717, 1.165) is 16.4 Å². The van der Waals surface area contributed by atoms with Gasteiger partial charge in [-0.2, -0.15) is 10.1 Å². The van der Waals surface area contributed by atoms with Gasteiger partial charge in [0.1, 0.15) is 5.01 Å². The lowest BCUT2D eigenvalue weighted by Gasteiger charge is -1.97. The zero-order valence-corrected chi connectivity index (χ0v) is 12.7. The van der Waals surface area contributed by atoms with Crippen molar-refractivity contribution in [2.75, 3.05) is 0 Å².